The van der Waals surface area contributed by atoms with Gasteiger partial charge in [-0.25, -0.2) is 0 Å². The zero-order chi connectivity index (χ0) is 15.6. The molecular weight excluding hydrogens is 264 g/mol. The van der Waals surface area contributed by atoms with Crippen LogP contribution in [0.25, 0.3) is 0 Å². The number of hydrogen-bond acceptors (Lipinski definition) is 3. The average molecular weight is 298 g/mol. The van der Waals surface area contributed by atoms with Gasteiger partial charge in [0.25, 0.3) is 0 Å². The Morgan fingerprint density at radius 2 is 1.67 bits per heavy atom. The van der Waals surface area contributed by atoms with Crippen molar-refractivity contribution in [3.8, 4) is 11.8 Å². The van der Waals surface area contributed by atoms with E-state index in [0.717, 1.165) is 38.7 Å². The van der Waals surface area contributed by atoms with E-state index < -0.39 is 6.10 Å². The third-order valence-electron chi connectivity index (χ3n) is 3.39. The highest BCUT2D eigenvalue weighted by Gasteiger charge is 1.97. The second kappa shape index (κ2) is 17.5. The van der Waals surface area contributed by atoms with Crippen LogP contribution >= 0.6 is 0 Å². The van der Waals surface area contributed by atoms with E-state index in [1.54, 1.807) is 7.11 Å². The van der Waals surface area contributed by atoms with Gasteiger partial charge in [-0.2, -0.15) is 0 Å². The Morgan fingerprint density at radius 3 is 2.38 bits per heavy atom. The van der Waals surface area contributed by atoms with E-state index >= 15 is 0 Å². The summed E-state index contributed by atoms with van der Waals surface area (Å²) in [7, 11) is 1.65. The molecule has 0 aromatic carbocycles. The molecule has 0 saturated carbocycles. The summed E-state index contributed by atoms with van der Waals surface area (Å²) in [5.74, 6) is 6.05. The highest BCUT2D eigenvalue weighted by molar-refractivity contribution is 5.04. The lowest BCUT2D eigenvalue weighted by atomic mass is 10.1. The van der Waals surface area contributed by atoms with Gasteiger partial charge in [-0.1, -0.05) is 51.4 Å². The minimum absolute atomic E-state index is 0.406. The summed E-state index contributed by atoms with van der Waals surface area (Å²) in [5, 5.41) is 9.64. The summed E-state index contributed by atoms with van der Waals surface area (Å²) >= 11 is 0. The average Bonchev–Trinajstić information content (AvgIpc) is 2.48. The summed E-state index contributed by atoms with van der Waals surface area (Å²) in [6.07, 6.45) is 12.1. The molecular formula is C18H34O3. The second-order valence-corrected chi connectivity index (χ2v) is 5.52. The first-order valence-corrected chi connectivity index (χ1v) is 8.54. The summed E-state index contributed by atoms with van der Waals surface area (Å²) in [5.41, 5.74) is 0. The van der Waals surface area contributed by atoms with Gasteiger partial charge in [-0.05, 0) is 25.7 Å². The molecule has 0 spiro atoms. The van der Waals surface area contributed by atoms with Crippen molar-refractivity contribution in [3.05, 3.63) is 0 Å². The van der Waals surface area contributed by atoms with Gasteiger partial charge in [-0.3, -0.25) is 0 Å². The SMILES string of the molecule is CCCCCC(O)C#CCCCCCCCCOCOC. The Hall–Kier alpha value is -0.560. The summed E-state index contributed by atoms with van der Waals surface area (Å²) < 4.78 is 10.1. The molecule has 21 heavy (non-hydrogen) atoms. The molecule has 0 bridgehead atoms. The fourth-order valence-corrected chi connectivity index (χ4v) is 2.12. The van der Waals surface area contributed by atoms with Crippen LogP contribution in [-0.4, -0.2) is 31.7 Å². The highest BCUT2D eigenvalue weighted by atomic mass is 16.7. The lowest BCUT2D eigenvalue weighted by molar-refractivity contribution is -0.0315. The van der Waals surface area contributed by atoms with E-state index in [9.17, 15) is 5.11 Å². The van der Waals surface area contributed by atoms with E-state index in [0.29, 0.717) is 6.79 Å². The second-order valence-electron chi connectivity index (χ2n) is 5.52. The normalized spacial score (nSPS) is 12.0. The zero-order valence-electron chi connectivity index (χ0n) is 14.0. The van der Waals surface area contributed by atoms with E-state index in [-0.39, 0.29) is 0 Å². The maximum absolute atomic E-state index is 9.64. The first-order chi connectivity index (χ1) is 10.3. The third-order valence-corrected chi connectivity index (χ3v) is 3.39. The lowest BCUT2D eigenvalue weighted by Gasteiger charge is -2.02. The number of rotatable bonds is 14. The first kappa shape index (κ1) is 20.4. The molecule has 0 heterocycles. The largest absolute Gasteiger partial charge is 0.380 e. The van der Waals surface area contributed by atoms with Crippen LogP contribution in [0, 0.1) is 11.8 Å². The van der Waals surface area contributed by atoms with Gasteiger partial charge in [0.2, 0.25) is 0 Å². The number of hydrogen-bond donors (Lipinski definition) is 1. The summed E-state index contributed by atoms with van der Waals surface area (Å²) in [6.45, 7) is 3.38. The molecule has 1 N–H and O–H groups in total. The molecule has 0 fully saturated rings. The van der Waals surface area contributed by atoms with Crippen molar-refractivity contribution in [2.45, 2.75) is 83.7 Å². The number of aliphatic hydroxyl groups excluding tert-OH is 1. The van der Waals surface area contributed by atoms with Crippen LogP contribution in [0.1, 0.15) is 77.6 Å². The number of aliphatic hydroxyl groups is 1. The van der Waals surface area contributed by atoms with E-state index in [1.807, 2.05) is 0 Å². The molecule has 0 radical (unpaired) electrons. The van der Waals surface area contributed by atoms with Crippen molar-refractivity contribution in [2.75, 3.05) is 20.5 Å². The van der Waals surface area contributed by atoms with Crippen LogP contribution in [0.5, 0.6) is 0 Å². The van der Waals surface area contributed by atoms with E-state index in [1.165, 1.54) is 38.5 Å². The predicted octanol–water partition coefficient (Wildman–Crippen LogP) is 4.28. The van der Waals surface area contributed by atoms with Gasteiger partial charge in [0.1, 0.15) is 12.9 Å². The van der Waals surface area contributed by atoms with Crippen molar-refractivity contribution >= 4 is 0 Å². The van der Waals surface area contributed by atoms with Crippen molar-refractivity contribution in [1.82, 2.24) is 0 Å². The van der Waals surface area contributed by atoms with Crippen molar-refractivity contribution in [2.24, 2.45) is 0 Å². The lowest BCUT2D eigenvalue weighted by Crippen LogP contribution is -2.01. The quantitative estimate of drug-likeness (QED) is 0.295. The molecule has 1 atom stereocenters. The summed E-state index contributed by atoms with van der Waals surface area (Å²) in [6, 6.07) is 0. The van der Waals surface area contributed by atoms with E-state index in [2.05, 4.69) is 18.8 Å². The molecule has 1 unspecified atom stereocenters. The van der Waals surface area contributed by atoms with Crippen molar-refractivity contribution in [1.29, 1.82) is 0 Å². The highest BCUT2D eigenvalue weighted by Crippen LogP contribution is 2.07. The van der Waals surface area contributed by atoms with Crippen LogP contribution < -0.4 is 0 Å². The molecule has 124 valence electrons. The minimum Gasteiger partial charge on any atom is -0.380 e. The third kappa shape index (κ3) is 17.4. The van der Waals surface area contributed by atoms with Gasteiger partial charge in [0.15, 0.2) is 0 Å². The smallest absolute Gasteiger partial charge is 0.146 e. The molecule has 0 aromatic heterocycles. The Kier molecular flexibility index (Phi) is 17.0. The molecule has 0 saturated heterocycles. The Bertz CT molecular complexity index is 255. The fraction of sp³-hybridized carbons (Fsp3) is 0.889. The predicted molar refractivity (Wildman–Crippen MR) is 88.1 cm³/mol. The number of unbranched alkanes of at least 4 members (excludes halogenated alkanes) is 8. The number of ether oxygens (including phenoxy) is 2. The Balaban J connectivity index is 3.21. The van der Waals surface area contributed by atoms with Gasteiger partial charge in [-0.15, -0.1) is 5.92 Å². The Morgan fingerprint density at radius 1 is 0.952 bits per heavy atom. The summed E-state index contributed by atoms with van der Waals surface area (Å²) in [4.78, 5) is 0. The maximum atomic E-state index is 9.64. The van der Waals surface area contributed by atoms with Gasteiger partial charge in [0, 0.05) is 20.1 Å². The van der Waals surface area contributed by atoms with Crippen molar-refractivity contribution in [3.63, 3.8) is 0 Å². The topological polar surface area (TPSA) is 38.7 Å². The van der Waals surface area contributed by atoms with Crippen molar-refractivity contribution < 1.29 is 14.6 Å². The molecule has 0 aliphatic carbocycles. The van der Waals surface area contributed by atoms with E-state index in [4.69, 9.17) is 9.47 Å². The van der Waals surface area contributed by atoms with Gasteiger partial charge in [0.05, 0.1) is 0 Å². The first-order valence-electron chi connectivity index (χ1n) is 8.54. The maximum Gasteiger partial charge on any atom is 0.146 e. The van der Waals surface area contributed by atoms with Crippen LogP contribution in [0.3, 0.4) is 0 Å². The molecule has 0 aliphatic rings. The molecule has 0 rings (SSSR count). The minimum atomic E-state index is -0.413. The zero-order valence-corrected chi connectivity index (χ0v) is 14.0. The molecule has 0 aromatic rings. The monoisotopic (exact) mass is 298 g/mol. The Labute approximate surface area is 131 Å². The molecule has 0 amide bonds. The van der Waals surface area contributed by atoms with Crippen LogP contribution in [-0.2, 0) is 9.47 Å². The standard InChI is InChI=1S/C18H34O3/c1-3-4-11-14-18(19)15-12-9-7-5-6-8-10-13-16-21-17-20-2/h18-19H,3-11,13-14,16-17H2,1-2H3. The number of methoxy groups -OCH3 is 1. The van der Waals surface area contributed by atoms with Gasteiger partial charge >= 0.3 is 0 Å². The molecule has 3 nitrogen and oxygen atoms in total. The van der Waals surface area contributed by atoms with Crippen LogP contribution in [0.4, 0.5) is 0 Å². The fourth-order valence-electron chi connectivity index (χ4n) is 2.12. The van der Waals surface area contributed by atoms with Crippen LogP contribution in [0.15, 0.2) is 0 Å². The molecule has 3 heteroatoms. The molecule has 0 aliphatic heterocycles. The van der Waals surface area contributed by atoms with Crippen LogP contribution in [0.2, 0.25) is 0 Å². The van der Waals surface area contributed by atoms with Gasteiger partial charge < -0.3 is 14.6 Å².